The number of carbonyl (C=O) groups excluding carboxylic acids is 1. The molecule has 172 valence electrons. The monoisotopic (exact) mass is 452 g/mol. The van der Waals surface area contributed by atoms with Crippen LogP contribution in [-0.4, -0.2) is 40.3 Å². The first-order valence-corrected chi connectivity index (χ1v) is 10.6. The molecule has 0 fully saturated rings. The van der Waals surface area contributed by atoms with Crippen molar-refractivity contribution in [3.8, 4) is 28.4 Å². The number of benzene rings is 3. The number of carbonyl (C=O) groups is 1. The van der Waals surface area contributed by atoms with Gasteiger partial charge in [-0.15, -0.1) is 0 Å². The molecule has 0 bridgehead atoms. The Morgan fingerprint density at radius 1 is 0.939 bits per heavy atom. The van der Waals surface area contributed by atoms with Gasteiger partial charge in [-0.3, -0.25) is 0 Å². The maximum absolute atomic E-state index is 12.9. The lowest BCUT2D eigenvalue weighted by molar-refractivity contribution is 0.0281. The van der Waals surface area contributed by atoms with Gasteiger partial charge in [-0.2, -0.15) is 0 Å². The summed E-state index contributed by atoms with van der Waals surface area (Å²) < 4.78 is 22.4. The molecule has 0 saturated carbocycles. The van der Waals surface area contributed by atoms with Gasteiger partial charge in [0.15, 0.2) is 11.5 Å². The van der Waals surface area contributed by atoms with Gasteiger partial charge < -0.3 is 34.3 Å². The van der Waals surface area contributed by atoms with Crippen molar-refractivity contribution < 1.29 is 39.1 Å². The molecule has 0 aromatic heterocycles. The maximum atomic E-state index is 12.9. The Morgan fingerprint density at radius 3 is 2.33 bits per heavy atom. The minimum atomic E-state index is -1.11. The van der Waals surface area contributed by atoms with Gasteiger partial charge in [-0.05, 0) is 60.2 Å². The molecule has 2 aliphatic rings. The van der Waals surface area contributed by atoms with E-state index in [2.05, 4.69) is 0 Å². The van der Waals surface area contributed by atoms with E-state index in [0.717, 1.165) is 0 Å². The van der Waals surface area contributed by atoms with Crippen molar-refractivity contribution in [2.75, 3.05) is 13.4 Å². The smallest absolute Gasteiger partial charge is 0.339 e. The van der Waals surface area contributed by atoms with E-state index in [4.69, 9.17) is 18.9 Å². The van der Waals surface area contributed by atoms with Crippen LogP contribution in [-0.2, 0) is 24.6 Å². The zero-order valence-electron chi connectivity index (χ0n) is 18.3. The fourth-order valence-electron chi connectivity index (χ4n) is 4.28. The second kappa shape index (κ2) is 7.91. The standard InChI is InChI=1S/C25H24O8/c1-25(2,29)11-31-23-17-6-15(9-27)14(8-26)5-16(17)21(22-18(23)10-30-24(22)28)13-3-4-19-20(7-13)33-12-32-19/h3-7,26-27,29H,8-12H2,1-2H3. The first kappa shape index (κ1) is 21.5. The number of fused-ring (bicyclic) bond motifs is 3. The Kier molecular flexibility index (Phi) is 5.16. The van der Waals surface area contributed by atoms with Crippen molar-refractivity contribution in [1.29, 1.82) is 0 Å². The van der Waals surface area contributed by atoms with Crippen molar-refractivity contribution in [2.45, 2.75) is 39.3 Å². The van der Waals surface area contributed by atoms with E-state index in [1.54, 1.807) is 38.1 Å². The van der Waals surface area contributed by atoms with Gasteiger partial charge in [-0.25, -0.2) is 4.79 Å². The molecule has 33 heavy (non-hydrogen) atoms. The zero-order chi connectivity index (χ0) is 23.3. The molecule has 2 aliphatic heterocycles. The predicted octanol–water partition coefficient (Wildman–Crippen LogP) is 3.04. The first-order valence-electron chi connectivity index (χ1n) is 10.6. The summed E-state index contributed by atoms with van der Waals surface area (Å²) in [6, 6.07) is 8.93. The summed E-state index contributed by atoms with van der Waals surface area (Å²) in [4.78, 5) is 12.9. The summed E-state index contributed by atoms with van der Waals surface area (Å²) in [7, 11) is 0. The van der Waals surface area contributed by atoms with Crippen LogP contribution in [0, 0.1) is 0 Å². The molecule has 0 amide bonds. The van der Waals surface area contributed by atoms with Gasteiger partial charge in [0.1, 0.15) is 19.0 Å². The van der Waals surface area contributed by atoms with Crippen LogP contribution < -0.4 is 14.2 Å². The highest BCUT2D eigenvalue weighted by molar-refractivity contribution is 6.13. The van der Waals surface area contributed by atoms with E-state index in [1.165, 1.54) is 0 Å². The summed E-state index contributed by atoms with van der Waals surface area (Å²) in [6.07, 6.45) is 0. The second-order valence-electron chi connectivity index (χ2n) is 8.79. The minimum Gasteiger partial charge on any atom is -0.490 e. The second-order valence-corrected chi connectivity index (χ2v) is 8.79. The van der Waals surface area contributed by atoms with Crippen LogP contribution in [0.4, 0.5) is 0 Å². The predicted molar refractivity (Wildman–Crippen MR) is 118 cm³/mol. The first-order chi connectivity index (χ1) is 15.8. The Hall–Kier alpha value is -3.33. The third kappa shape index (κ3) is 3.66. The van der Waals surface area contributed by atoms with Crippen LogP contribution in [0.2, 0.25) is 0 Å². The lowest BCUT2D eigenvalue weighted by Crippen LogP contribution is -2.28. The Bertz CT molecular complexity index is 1270. The van der Waals surface area contributed by atoms with Crippen molar-refractivity contribution >= 4 is 16.7 Å². The van der Waals surface area contributed by atoms with Gasteiger partial charge in [0.25, 0.3) is 0 Å². The van der Waals surface area contributed by atoms with Gasteiger partial charge in [0.2, 0.25) is 6.79 Å². The number of cyclic esters (lactones) is 1. The number of hydrogen-bond acceptors (Lipinski definition) is 8. The molecule has 3 N–H and O–H groups in total. The maximum Gasteiger partial charge on any atom is 0.339 e. The van der Waals surface area contributed by atoms with E-state index >= 15 is 0 Å². The molecule has 5 rings (SSSR count). The molecular formula is C25H24O8. The summed E-state index contributed by atoms with van der Waals surface area (Å²) in [5, 5.41) is 31.3. The summed E-state index contributed by atoms with van der Waals surface area (Å²) in [6.45, 7) is 2.83. The van der Waals surface area contributed by atoms with Crippen molar-refractivity contribution in [1.82, 2.24) is 0 Å². The summed E-state index contributed by atoms with van der Waals surface area (Å²) in [5.74, 6) is 1.12. The molecule has 3 aromatic rings. The average molecular weight is 452 g/mol. The molecule has 8 nitrogen and oxygen atoms in total. The Balaban J connectivity index is 1.84. The number of ether oxygens (including phenoxy) is 4. The molecule has 3 aromatic carbocycles. The molecule has 0 saturated heterocycles. The normalized spacial score (nSPS) is 14.5. The average Bonchev–Trinajstić information content (AvgIpc) is 3.41. The summed E-state index contributed by atoms with van der Waals surface area (Å²) in [5.41, 5.74) is 2.25. The number of hydrogen-bond donors (Lipinski definition) is 3. The Morgan fingerprint density at radius 2 is 1.64 bits per heavy atom. The highest BCUT2D eigenvalue weighted by Gasteiger charge is 2.33. The molecule has 0 unspecified atom stereocenters. The number of esters is 1. The zero-order valence-corrected chi connectivity index (χ0v) is 18.3. The fraction of sp³-hybridized carbons (Fsp3) is 0.320. The number of aliphatic hydroxyl groups excluding tert-OH is 2. The van der Waals surface area contributed by atoms with Gasteiger partial charge in [-0.1, -0.05) is 6.07 Å². The van der Waals surface area contributed by atoms with Gasteiger partial charge in [0.05, 0.1) is 24.4 Å². The summed E-state index contributed by atoms with van der Waals surface area (Å²) >= 11 is 0. The minimum absolute atomic E-state index is 0.0116. The Labute approximate surface area is 189 Å². The van der Waals surface area contributed by atoms with Crippen LogP contribution in [0.1, 0.15) is 40.9 Å². The van der Waals surface area contributed by atoms with Crippen LogP contribution in [0.25, 0.3) is 21.9 Å². The van der Waals surface area contributed by atoms with Crippen molar-refractivity contribution in [3.05, 3.63) is 52.6 Å². The largest absolute Gasteiger partial charge is 0.490 e. The number of aliphatic hydroxyl groups is 3. The van der Waals surface area contributed by atoms with Gasteiger partial charge in [0, 0.05) is 16.5 Å². The third-order valence-corrected chi connectivity index (χ3v) is 5.80. The molecule has 2 heterocycles. The molecule has 0 aliphatic carbocycles. The van der Waals surface area contributed by atoms with Crippen molar-refractivity contribution in [3.63, 3.8) is 0 Å². The molecule has 8 heteroatoms. The van der Waals surface area contributed by atoms with E-state index in [-0.39, 0.29) is 33.2 Å². The van der Waals surface area contributed by atoms with Crippen LogP contribution in [0.5, 0.6) is 17.2 Å². The SMILES string of the molecule is CC(C)(O)COc1c2c(c(-c3ccc4c(c3)OCO4)c3cc(CO)c(CO)cc13)C(=O)OC2. The van der Waals surface area contributed by atoms with Crippen LogP contribution in [0.3, 0.4) is 0 Å². The van der Waals surface area contributed by atoms with Crippen molar-refractivity contribution in [2.24, 2.45) is 0 Å². The highest BCUT2D eigenvalue weighted by atomic mass is 16.7. The van der Waals surface area contributed by atoms with Crippen LogP contribution in [0.15, 0.2) is 30.3 Å². The lowest BCUT2D eigenvalue weighted by Gasteiger charge is -2.22. The van der Waals surface area contributed by atoms with Crippen LogP contribution >= 0.6 is 0 Å². The van der Waals surface area contributed by atoms with E-state index in [0.29, 0.717) is 61.4 Å². The highest BCUT2D eigenvalue weighted by Crippen LogP contribution is 2.47. The van der Waals surface area contributed by atoms with E-state index < -0.39 is 11.6 Å². The molecule has 0 spiro atoms. The molecule has 0 atom stereocenters. The topological polar surface area (TPSA) is 115 Å². The van der Waals surface area contributed by atoms with E-state index in [9.17, 15) is 20.1 Å². The quantitative estimate of drug-likeness (QED) is 0.489. The van der Waals surface area contributed by atoms with E-state index in [1.807, 2.05) is 6.07 Å². The number of rotatable bonds is 6. The lowest BCUT2D eigenvalue weighted by atomic mass is 9.87. The van der Waals surface area contributed by atoms with Gasteiger partial charge >= 0.3 is 5.97 Å². The molecular weight excluding hydrogens is 428 g/mol. The molecule has 0 radical (unpaired) electrons. The third-order valence-electron chi connectivity index (χ3n) is 5.80. The fourth-order valence-corrected chi connectivity index (χ4v) is 4.28.